The summed E-state index contributed by atoms with van der Waals surface area (Å²) in [4.78, 5) is 6.31. The van der Waals surface area contributed by atoms with Gasteiger partial charge in [0.15, 0.2) is 5.82 Å². The average Bonchev–Trinajstić information content (AvgIpc) is 3.34. The Hall–Kier alpha value is -2.68. The van der Waals surface area contributed by atoms with Gasteiger partial charge in [0, 0.05) is 6.04 Å². The first-order chi connectivity index (χ1) is 12.2. The van der Waals surface area contributed by atoms with Gasteiger partial charge in [-0.1, -0.05) is 6.07 Å². The van der Waals surface area contributed by atoms with Gasteiger partial charge in [-0.2, -0.15) is 9.78 Å². The monoisotopic (exact) mass is 342 g/mol. The first-order valence-electron chi connectivity index (χ1n) is 8.31. The second-order valence-corrected chi connectivity index (χ2v) is 6.35. The summed E-state index contributed by atoms with van der Waals surface area (Å²) in [6, 6.07) is 5.28. The van der Waals surface area contributed by atoms with Crippen molar-refractivity contribution < 1.29 is 4.39 Å². The minimum Gasteiger partial charge on any atom is -0.291 e. The molecule has 1 aliphatic heterocycles. The lowest BCUT2D eigenvalue weighted by atomic mass is 10.2. The number of likely N-dealkylation sites (tertiary alicyclic amines) is 1. The maximum Gasteiger partial charge on any atom is 0.170 e. The molecule has 1 aromatic carbocycles. The van der Waals surface area contributed by atoms with Crippen LogP contribution in [0.5, 0.6) is 0 Å². The van der Waals surface area contributed by atoms with Crippen molar-refractivity contribution in [2.45, 2.75) is 38.9 Å². The molecule has 9 heteroatoms. The highest BCUT2D eigenvalue weighted by atomic mass is 19.1. The standard InChI is InChI=1S/C16H19FN8/c1-12-4-5-14(17)15(7-12)25-16(20-21-22-25)9-23-6-2-3-13(23)8-24-11-18-10-19-24/h4-5,7,10-11,13H,2-3,6,8-9H2,1H3. The highest BCUT2D eigenvalue weighted by Crippen LogP contribution is 2.22. The summed E-state index contributed by atoms with van der Waals surface area (Å²) in [5.74, 6) is 0.301. The van der Waals surface area contributed by atoms with E-state index in [1.165, 1.54) is 10.7 Å². The van der Waals surface area contributed by atoms with Crippen molar-refractivity contribution in [3.8, 4) is 5.69 Å². The number of rotatable bonds is 5. The number of nitrogens with zero attached hydrogens (tertiary/aromatic N) is 8. The molecule has 0 saturated carbocycles. The van der Waals surface area contributed by atoms with E-state index in [1.54, 1.807) is 24.8 Å². The summed E-state index contributed by atoms with van der Waals surface area (Å²) in [7, 11) is 0. The molecule has 1 saturated heterocycles. The Morgan fingerprint density at radius 2 is 2.24 bits per heavy atom. The number of halogens is 1. The molecule has 0 spiro atoms. The first kappa shape index (κ1) is 15.8. The Balaban J connectivity index is 1.55. The predicted molar refractivity (Wildman–Crippen MR) is 87.3 cm³/mol. The lowest BCUT2D eigenvalue weighted by Crippen LogP contribution is -2.33. The SMILES string of the molecule is Cc1ccc(F)c(-n2nnnc2CN2CCCC2Cn2cncn2)c1. The number of tetrazole rings is 1. The van der Waals surface area contributed by atoms with Crippen LogP contribution in [0, 0.1) is 12.7 Å². The van der Waals surface area contributed by atoms with E-state index in [4.69, 9.17) is 0 Å². The van der Waals surface area contributed by atoms with Crippen LogP contribution in [0.25, 0.3) is 5.69 Å². The Labute approximate surface area is 144 Å². The van der Waals surface area contributed by atoms with E-state index in [-0.39, 0.29) is 5.82 Å². The molecule has 0 bridgehead atoms. The number of hydrogen-bond donors (Lipinski definition) is 0. The predicted octanol–water partition coefficient (Wildman–Crippen LogP) is 1.37. The molecule has 1 atom stereocenters. The lowest BCUT2D eigenvalue weighted by Gasteiger charge is -2.23. The van der Waals surface area contributed by atoms with Crippen LogP contribution in [0.3, 0.4) is 0 Å². The van der Waals surface area contributed by atoms with Gasteiger partial charge < -0.3 is 0 Å². The fourth-order valence-corrected chi connectivity index (χ4v) is 3.31. The van der Waals surface area contributed by atoms with E-state index in [0.29, 0.717) is 24.1 Å². The Morgan fingerprint density at radius 3 is 3.08 bits per heavy atom. The second kappa shape index (κ2) is 6.67. The van der Waals surface area contributed by atoms with Crippen LogP contribution in [0.2, 0.25) is 0 Å². The molecule has 130 valence electrons. The summed E-state index contributed by atoms with van der Waals surface area (Å²) in [6.07, 6.45) is 5.46. The summed E-state index contributed by atoms with van der Waals surface area (Å²) in [5.41, 5.74) is 1.34. The van der Waals surface area contributed by atoms with Crippen molar-refractivity contribution >= 4 is 0 Å². The molecule has 0 radical (unpaired) electrons. The zero-order valence-electron chi connectivity index (χ0n) is 14.0. The van der Waals surface area contributed by atoms with E-state index in [2.05, 4.69) is 30.5 Å². The van der Waals surface area contributed by atoms with Gasteiger partial charge in [0.2, 0.25) is 0 Å². The smallest absolute Gasteiger partial charge is 0.170 e. The van der Waals surface area contributed by atoms with E-state index < -0.39 is 0 Å². The molecule has 25 heavy (non-hydrogen) atoms. The highest BCUT2D eigenvalue weighted by Gasteiger charge is 2.27. The molecule has 0 N–H and O–H groups in total. The molecule has 1 fully saturated rings. The summed E-state index contributed by atoms with van der Waals surface area (Å²) in [6.45, 7) is 4.23. The zero-order chi connectivity index (χ0) is 17.2. The molecule has 3 heterocycles. The van der Waals surface area contributed by atoms with Crippen molar-refractivity contribution in [3.63, 3.8) is 0 Å². The van der Waals surface area contributed by atoms with Crippen LogP contribution in [-0.4, -0.2) is 52.5 Å². The van der Waals surface area contributed by atoms with Crippen molar-refractivity contribution in [3.05, 3.63) is 48.1 Å². The number of aryl methyl sites for hydroxylation is 1. The minimum absolute atomic E-state index is 0.334. The van der Waals surface area contributed by atoms with Gasteiger partial charge in [-0.05, 0) is 54.4 Å². The molecule has 1 unspecified atom stereocenters. The van der Waals surface area contributed by atoms with Crippen molar-refractivity contribution in [1.29, 1.82) is 0 Å². The van der Waals surface area contributed by atoms with E-state index in [9.17, 15) is 4.39 Å². The van der Waals surface area contributed by atoms with E-state index >= 15 is 0 Å². The third-order valence-corrected chi connectivity index (χ3v) is 4.57. The van der Waals surface area contributed by atoms with Crippen LogP contribution in [-0.2, 0) is 13.1 Å². The molecule has 0 aliphatic carbocycles. The molecule has 0 amide bonds. The Bertz CT molecular complexity index is 844. The van der Waals surface area contributed by atoms with Gasteiger partial charge in [0.1, 0.15) is 24.2 Å². The van der Waals surface area contributed by atoms with Crippen LogP contribution in [0.15, 0.2) is 30.9 Å². The number of hydrogen-bond acceptors (Lipinski definition) is 6. The first-order valence-corrected chi connectivity index (χ1v) is 8.31. The summed E-state index contributed by atoms with van der Waals surface area (Å²) >= 11 is 0. The lowest BCUT2D eigenvalue weighted by molar-refractivity contribution is 0.212. The third-order valence-electron chi connectivity index (χ3n) is 4.57. The molecule has 4 rings (SSSR count). The molecular formula is C16H19FN8. The van der Waals surface area contributed by atoms with Gasteiger partial charge >= 0.3 is 0 Å². The fraction of sp³-hybridized carbons (Fsp3) is 0.438. The normalized spacial score (nSPS) is 18.1. The van der Waals surface area contributed by atoms with Crippen LogP contribution in [0.1, 0.15) is 24.2 Å². The van der Waals surface area contributed by atoms with Gasteiger partial charge in [0.05, 0.1) is 13.1 Å². The van der Waals surface area contributed by atoms with E-state index in [1.807, 2.05) is 11.6 Å². The van der Waals surface area contributed by atoms with Crippen molar-refractivity contribution in [2.75, 3.05) is 6.54 Å². The van der Waals surface area contributed by atoms with Gasteiger partial charge in [-0.3, -0.25) is 9.58 Å². The maximum atomic E-state index is 14.2. The summed E-state index contributed by atoms with van der Waals surface area (Å²) in [5, 5.41) is 16.0. The molecule has 1 aliphatic rings. The molecule has 3 aromatic rings. The second-order valence-electron chi connectivity index (χ2n) is 6.35. The minimum atomic E-state index is -0.334. The van der Waals surface area contributed by atoms with Gasteiger partial charge in [-0.25, -0.2) is 9.37 Å². The van der Waals surface area contributed by atoms with E-state index in [0.717, 1.165) is 31.5 Å². The number of aromatic nitrogens is 7. The van der Waals surface area contributed by atoms with Crippen molar-refractivity contribution in [2.24, 2.45) is 0 Å². The quantitative estimate of drug-likeness (QED) is 0.697. The third kappa shape index (κ3) is 3.27. The fourth-order valence-electron chi connectivity index (χ4n) is 3.31. The molecule has 8 nitrogen and oxygen atoms in total. The van der Waals surface area contributed by atoms with Crippen molar-refractivity contribution in [1.82, 2.24) is 39.9 Å². The van der Waals surface area contributed by atoms with Crippen LogP contribution < -0.4 is 0 Å². The molecular weight excluding hydrogens is 323 g/mol. The van der Waals surface area contributed by atoms with Gasteiger partial charge in [0.25, 0.3) is 0 Å². The molecule has 2 aromatic heterocycles. The summed E-state index contributed by atoms with van der Waals surface area (Å²) < 4.78 is 17.5. The largest absolute Gasteiger partial charge is 0.291 e. The highest BCUT2D eigenvalue weighted by molar-refractivity contribution is 5.36. The van der Waals surface area contributed by atoms with Crippen LogP contribution in [0.4, 0.5) is 4.39 Å². The van der Waals surface area contributed by atoms with Crippen LogP contribution >= 0.6 is 0 Å². The Kier molecular flexibility index (Phi) is 4.22. The Morgan fingerprint density at radius 1 is 1.32 bits per heavy atom. The van der Waals surface area contributed by atoms with Gasteiger partial charge in [-0.15, -0.1) is 5.10 Å². The zero-order valence-corrected chi connectivity index (χ0v) is 14.0. The topological polar surface area (TPSA) is 77.5 Å². The number of benzene rings is 1. The average molecular weight is 342 g/mol. The maximum absolute atomic E-state index is 14.2.